The van der Waals surface area contributed by atoms with Gasteiger partial charge in [-0.25, -0.2) is 0 Å². The van der Waals surface area contributed by atoms with Crippen LogP contribution in [0.25, 0.3) is 0 Å². The highest BCUT2D eigenvalue weighted by Gasteiger charge is 2.28. The van der Waals surface area contributed by atoms with E-state index in [1.165, 1.54) is 11.1 Å². The summed E-state index contributed by atoms with van der Waals surface area (Å²) < 4.78 is 5.12. The van der Waals surface area contributed by atoms with Crippen LogP contribution in [0.3, 0.4) is 0 Å². The Hall–Kier alpha value is -0.960. The van der Waals surface area contributed by atoms with Gasteiger partial charge >= 0.3 is 5.97 Å². The summed E-state index contributed by atoms with van der Waals surface area (Å²) in [4.78, 5) is 11.8. The molecule has 1 heterocycles. The van der Waals surface area contributed by atoms with Crippen molar-refractivity contribution in [3.63, 3.8) is 0 Å². The molecule has 0 amide bonds. The fraction of sp³-hybridized carbons (Fsp3) is 0.462. The van der Waals surface area contributed by atoms with Crippen molar-refractivity contribution in [3.8, 4) is 0 Å². The van der Waals surface area contributed by atoms with Crippen LogP contribution in [0.1, 0.15) is 28.9 Å². The van der Waals surface area contributed by atoms with Crippen molar-refractivity contribution >= 4 is 17.7 Å². The number of benzene rings is 1. The van der Waals surface area contributed by atoms with E-state index in [2.05, 4.69) is 25.1 Å². The van der Waals surface area contributed by atoms with Crippen LogP contribution >= 0.6 is 11.8 Å². The molecule has 16 heavy (non-hydrogen) atoms. The minimum Gasteiger partial charge on any atom is -0.465 e. The lowest BCUT2D eigenvalue weighted by molar-refractivity contribution is -0.142. The molecule has 1 aromatic carbocycles. The summed E-state index contributed by atoms with van der Waals surface area (Å²) in [6.07, 6.45) is 1.05. The average molecular weight is 236 g/mol. The number of hydrogen-bond acceptors (Lipinski definition) is 3. The van der Waals surface area contributed by atoms with Crippen LogP contribution in [-0.4, -0.2) is 18.3 Å². The fourth-order valence-electron chi connectivity index (χ4n) is 1.98. The molecule has 0 fully saturated rings. The van der Waals surface area contributed by atoms with Crippen LogP contribution < -0.4 is 0 Å². The molecule has 1 atom stereocenters. The SMILES string of the molecule is CCOC(=O)C1SCCc2ccc(C)cc21. The van der Waals surface area contributed by atoms with Gasteiger partial charge in [0, 0.05) is 0 Å². The smallest absolute Gasteiger partial charge is 0.323 e. The molecule has 0 N–H and O–H groups in total. The Morgan fingerprint density at radius 3 is 3.12 bits per heavy atom. The predicted molar refractivity (Wildman–Crippen MR) is 66.7 cm³/mol. The van der Waals surface area contributed by atoms with Crippen molar-refractivity contribution in [1.29, 1.82) is 0 Å². The zero-order valence-corrected chi connectivity index (χ0v) is 10.5. The molecule has 1 unspecified atom stereocenters. The van der Waals surface area contributed by atoms with E-state index in [0.717, 1.165) is 17.7 Å². The van der Waals surface area contributed by atoms with E-state index in [0.29, 0.717) is 6.61 Å². The van der Waals surface area contributed by atoms with Crippen LogP contribution in [0, 0.1) is 6.92 Å². The first kappa shape index (κ1) is 11.5. The second-order valence-electron chi connectivity index (χ2n) is 3.96. The summed E-state index contributed by atoms with van der Waals surface area (Å²) in [5, 5.41) is -0.122. The quantitative estimate of drug-likeness (QED) is 0.739. The van der Waals surface area contributed by atoms with E-state index in [1.54, 1.807) is 11.8 Å². The summed E-state index contributed by atoms with van der Waals surface area (Å²) in [6.45, 7) is 4.36. The third-order valence-electron chi connectivity index (χ3n) is 2.74. The standard InChI is InChI=1S/C13H16O2S/c1-3-15-13(14)12-11-8-9(2)4-5-10(11)6-7-16-12/h4-5,8,12H,3,6-7H2,1-2H3. The van der Waals surface area contributed by atoms with Gasteiger partial charge in [0.2, 0.25) is 0 Å². The first-order chi connectivity index (χ1) is 7.72. The van der Waals surface area contributed by atoms with Crippen molar-refractivity contribution in [2.75, 3.05) is 12.4 Å². The van der Waals surface area contributed by atoms with Crippen LogP contribution in [0.4, 0.5) is 0 Å². The molecule has 0 aromatic heterocycles. The molecule has 0 aliphatic carbocycles. The lowest BCUT2D eigenvalue weighted by atomic mass is 9.99. The van der Waals surface area contributed by atoms with E-state index >= 15 is 0 Å². The summed E-state index contributed by atoms with van der Waals surface area (Å²) in [5.41, 5.74) is 3.65. The van der Waals surface area contributed by atoms with E-state index in [1.807, 2.05) is 6.92 Å². The fourth-order valence-corrected chi connectivity index (χ4v) is 3.15. The first-order valence-corrected chi connectivity index (χ1v) is 6.65. The zero-order valence-electron chi connectivity index (χ0n) is 9.66. The molecule has 2 rings (SSSR count). The third-order valence-corrected chi connectivity index (χ3v) is 3.96. The normalized spacial score (nSPS) is 19.0. The molecular weight excluding hydrogens is 220 g/mol. The number of carbonyl (C=O) groups excluding carboxylic acids is 1. The number of thioether (sulfide) groups is 1. The van der Waals surface area contributed by atoms with Gasteiger partial charge in [-0.15, -0.1) is 11.8 Å². The maximum absolute atomic E-state index is 11.8. The van der Waals surface area contributed by atoms with Crippen molar-refractivity contribution in [2.45, 2.75) is 25.5 Å². The lowest BCUT2D eigenvalue weighted by Gasteiger charge is -2.23. The Kier molecular flexibility index (Phi) is 3.54. The molecule has 0 spiro atoms. The lowest BCUT2D eigenvalue weighted by Crippen LogP contribution is -2.19. The number of carbonyl (C=O) groups is 1. The molecule has 1 aliphatic rings. The van der Waals surface area contributed by atoms with Crippen molar-refractivity contribution in [1.82, 2.24) is 0 Å². The van der Waals surface area contributed by atoms with Crippen LogP contribution in [0.2, 0.25) is 0 Å². The van der Waals surface area contributed by atoms with Gasteiger partial charge in [0.1, 0.15) is 5.25 Å². The molecule has 1 aliphatic heterocycles. The largest absolute Gasteiger partial charge is 0.465 e. The highest BCUT2D eigenvalue weighted by Crippen LogP contribution is 2.37. The Morgan fingerprint density at radius 1 is 1.56 bits per heavy atom. The van der Waals surface area contributed by atoms with E-state index < -0.39 is 0 Å². The molecule has 86 valence electrons. The summed E-state index contributed by atoms with van der Waals surface area (Å²) >= 11 is 1.69. The molecule has 0 bridgehead atoms. The molecule has 0 saturated carbocycles. The molecule has 3 heteroatoms. The van der Waals surface area contributed by atoms with E-state index in [4.69, 9.17) is 4.74 Å². The average Bonchev–Trinajstić information content (AvgIpc) is 2.28. The Balaban J connectivity index is 2.31. The van der Waals surface area contributed by atoms with Crippen molar-refractivity contribution in [3.05, 3.63) is 34.9 Å². The van der Waals surface area contributed by atoms with Gasteiger partial charge < -0.3 is 4.74 Å². The van der Waals surface area contributed by atoms with Gasteiger partial charge in [0.05, 0.1) is 6.61 Å². The number of ether oxygens (including phenoxy) is 1. The van der Waals surface area contributed by atoms with Crippen LogP contribution in [0.15, 0.2) is 18.2 Å². The van der Waals surface area contributed by atoms with Crippen molar-refractivity contribution < 1.29 is 9.53 Å². The number of aryl methyl sites for hydroxylation is 2. The topological polar surface area (TPSA) is 26.3 Å². The number of hydrogen-bond donors (Lipinski definition) is 0. The number of rotatable bonds is 2. The minimum atomic E-state index is -0.122. The van der Waals surface area contributed by atoms with Crippen LogP contribution in [0.5, 0.6) is 0 Å². The molecule has 1 aromatic rings. The third kappa shape index (κ3) is 2.24. The Labute approximate surface area is 100 Å². The molecule has 0 saturated heterocycles. The number of fused-ring (bicyclic) bond motifs is 1. The van der Waals surface area contributed by atoms with E-state index in [-0.39, 0.29) is 11.2 Å². The molecular formula is C13H16O2S. The summed E-state index contributed by atoms with van der Waals surface area (Å²) in [5.74, 6) is 0.901. The van der Waals surface area contributed by atoms with Gasteiger partial charge in [0.25, 0.3) is 0 Å². The maximum atomic E-state index is 11.8. The van der Waals surface area contributed by atoms with Gasteiger partial charge in [-0.05, 0) is 37.1 Å². The maximum Gasteiger partial charge on any atom is 0.323 e. The van der Waals surface area contributed by atoms with Gasteiger partial charge in [-0.2, -0.15) is 0 Å². The first-order valence-electron chi connectivity index (χ1n) is 5.60. The minimum absolute atomic E-state index is 0.0981. The molecule has 2 nitrogen and oxygen atoms in total. The zero-order chi connectivity index (χ0) is 11.5. The summed E-state index contributed by atoms with van der Waals surface area (Å²) in [6, 6.07) is 6.36. The van der Waals surface area contributed by atoms with Crippen molar-refractivity contribution in [2.24, 2.45) is 0 Å². The predicted octanol–water partition coefficient (Wildman–Crippen LogP) is 2.89. The van der Waals surface area contributed by atoms with E-state index in [9.17, 15) is 4.79 Å². The van der Waals surface area contributed by atoms with Crippen LogP contribution in [-0.2, 0) is 16.0 Å². The summed E-state index contributed by atoms with van der Waals surface area (Å²) in [7, 11) is 0. The number of esters is 1. The van der Waals surface area contributed by atoms with Gasteiger partial charge in [0.15, 0.2) is 0 Å². The molecule has 0 radical (unpaired) electrons. The second-order valence-corrected chi connectivity index (χ2v) is 5.17. The van der Waals surface area contributed by atoms with Gasteiger partial charge in [-0.1, -0.05) is 23.8 Å². The Bertz CT molecular complexity index is 401. The highest BCUT2D eigenvalue weighted by molar-refractivity contribution is 8.00. The monoisotopic (exact) mass is 236 g/mol. The van der Waals surface area contributed by atoms with Gasteiger partial charge in [-0.3, -0.25) is 4.79 Å². The highest BCUT2D eigenvalue weighted by atomic mass is 32.2. The Morgan fingerprint density at radius 2 is 2.38 bits per heavy atom. The second kappa shape index (κ2) is 4.91.